The molecule has 1 aromatic rings. The van der Waals surface area contributed by atoms with Crippen molar-refractivity contribution in [3.05, 3.63) is 24.0 Å². The second-order valence-electron chi connectivity index (χ2n) is 1.89. The van der Waals surface area contributed by atoms with Crippen LogP contribution < -0.4 is 0 Å². The quantitative estimate of drug-likeness (QED) is 0.562. The standard InChI is InChI=1S/C7H6N2O/c8-2-4-9-3-1-7(5-9)6-10/h1,3,5-6H,4H2. The fourth-order valence-corrected chi connectivity index (χ4v) is 0.709. The Morgan fingerprint density at radius 1 is 1.80 bits per heavy atom. The van der Waals surface area contributed by atoms with Crippen LogP contribution in [0.3, 0.4) is 0 Å². The predicted molar refractivity (Wildman–Crippen MR) is 35.4 cm³/mol. The van der Waals surface area contributed by atoms with Gasteiger partial charge in [-0.2, -0.15) is 5.26 Å². The molecule has 3 nitrogen and oxygen atoms in total. The maximum Gasteiger partial charge on any atom is 0.151 e. The third kappa shape index (κ3) is 1.23. The Bertz CT molecular complexity index is 269. The van der Waals surface area contributed by atoms with Crippen molar-refractivity contribution in [1.29, 1.82) is 5.26 Å². The van der Waals surface area contributed by atoms with Gasteiger partial charge < -0.3 is 4.57 Å². The Kier molecular flexibility index (Phi) is 1.86. The number of hydrogen-bond acceptors (Lipinski definition) is 2. The summed E-state index contributed by atoms with van der Waals surface area (Å²) in [5, 5.41) is 8.24. The molecule has 1 rings (SSSR count). The molecule has 0 aliphatic rings. The highest BCUT2D eigenvalue weighted by Crippen LogP contribution is 1.96. The van der Waals surface area contributed by atoms with Crippen molar-refractivity contribution >= 4 is 6.29 Å². The first-order chi connectivity index (χ1) is 4.86. The van der Waals surface area contributed by atoms with Crippen molar-refractivity contribution in [3.8, 4) is 6.07 Å². The number of hydrogen-bond donors (Lipinski definition) is 0. The summed E-state index contributed by atoms with van der Waals surface area (Å²) in [6.07, 6.45) is 4.09. The zero-order valence-electron chi connectivity index (χ0n) is 5.32. The highest BCUT2D eigenvalue weighted by Gasteiger charge is 1.91. The van der Waals surface area contributed by atoms with Crippen LogP contribution in [0.1, 0.15) is 10.4 Å². The predicted octanol–water partition coefficient (Wildman–Crippen LogP) is 0.824. The van der Waals surface area contributed by atoms with Gasteiger partial charge >= 0.3 is 0 Å². The lowest BCUT2D eigenvalue weighted by atomic mass is 10.4. The van der Waals surface area contributed by atoms with E-state index in [9.17, 15) is 4.79 Å². The summed E-state index contributed by atoms with van der Waals surface area (Å²) in [7, 11) is 0. The van der Waals surface area contributed by atoms with Crippen LogP contribution in [-0.4, -0.2) is 10.9 Å². The third-order valence-electron chi connectivity index (χ3n) is 1.16. The van der Waals surface area contributed by atoms with Gasteiger partial charge in [-0.15, -0.1) is 0 Å². The average molecular weight is 134 g/mol. The molecule has 50 valence electrons. The molecular weight excluding hydrogens is 128 g/mol. The van der Waals surface area contributed by atoms with E-state index in [1.165, 1.54) is 0 Å². The summed E-state index contributed by atoms with van der Waals surface area (Å²) in [5.74, 6) is 0. The summed E-state index contributed by atoms with van der Waals surface area (Å²) < 4.78 is 1.66. The Balaban J connectivity index is 2.80. The van der Waals surface area contributed by atoms with Crippen LogP contribution in [0.15, 0.2) is 18.5 Å². The number of aldehydes is 1. The summed E-state index contributed by atoms with van der Waals surface area (Å²) in [6.45, 7) is 0.299. The number of carbonyl (C=O) groups excluding carboxylic acids is 1. The number of nitrogens with zero attached hydrogens (tertiary/aromatic N) is 2. The first-order valence-electron chi connectivity index (χ1n) is 2.84. The van der Waals surface area contributed by atoms with E-state index in [4.69, 9.17) is 5.26 Å². The van der Waals surface area contributed by atoms with Crippen LogP contribution in [0, 0.1) is 11.3 Å². The summed E-state index contributed by atoms with van der Waals surface area (Å²) >= 11 is 0. The lowest BCUT2D eigenvalue weighted by molar-refractivity contribution is 0.112. The lowest BCUT2D eigenvalue weighted by Gasteiger charge is -1.88. The van der Waals surface area contributed by atoms with Crippen LogP contribution in [0.25, 0.3) is 0 Å². The highest BCUT2D eigenvalue weighted by molar-refractivity contribution is 5.74. The highest BCUT2D eigenvalue weighted by atomic mass is 16.1. The molecule has 10 heavy (non-hydrogen) atoms. The van der Waals surface area contributed by atoms with E-state index in [0.29, 0.717) is 12.1 Å². The van der Waals surface area contributed by atoms with Crippen molar-refractivity contribution in [2.75, 3.05) is 0 Å². The van der Waals surface area contributed by atoms with Gasteiger partial charge in [-0.05, 0) is 6.07 Å². The van der Waals surface area contributed by atoms with Crippen molar-refractivity contribution in [1.82, 2.24) is 4.57 Å². The minimum absolute atomic E-state index is 0.299. The molecule has 1 aromatic heterocycles. The fraction of sp³-hybridized carbons (Fsp3) is 0.143. The number of carbonyl (C=O) groups is 1. The van der Waals surface area contributed by atoms with Crippen LogP contribution in [0.4, 0.5) is 0 Å². The molecule has 0 aromatic carbocycles. The van der Waals surface area contributed by atoms with Gasteiger partial charge in [0.15, 0.2) is 6.29 Å². The normalized spacial score (nSPS) is 8.70. The average Bonchev–Trinajstić information content (AvgIpc) is 2.37. The van der Waals surface area contributed by atoms with E-state index in [0.717, 1.165) is 6.29 Å². The lowest BCUT2D eigenvalue weighted by Crippen LogP contribution is -1.89. The van der Waals surface area contributed by atoms with Gasteiger partial charge in [-0.3, -0.25) is 4.79 Å². The third-order valence-corrected chi connectivity index (χ3v) is 1.16. The molecule has 0 bridgehead atoms. The molecule has 1 heterocycles. The minimum atomic E-state index is 0.299. The molecule has 0 radical (unpaired) electrons. The number of aromatic nitrogens is 1. The smallest absolute Gasteiger partial charge is 0.151 e. The fourth-order valence-electron chi connectivity index (χ4n) is 0.709. The molecule has 0 atom stereocenters. The second-order valence-corrected chi connectivity index (χ2v) is 1.89. The monoisotopic (exact) mass is 134 g/mol. The Labute approximate surface area is 58.5 Å². The number of rotatable bonds is 2. The topological polar surface area (TPSA) is 45.8 Å². The molecule has 0 spiro atoms. The van der Waals surface area contributed by atoms with Crippen LogP contribution in [0.5, 0.6) is 0 Å². The van der Waals surface area contributed by atoms with E-state index >= 15 is 0 Å². The molecule has 0 saturated carbocycles. The van der Waals surface area contributed by atoms with Gasteiger partial charge in [-0.25, -0.2) is 0 Å². The molecule has 0 unspecified atom stereocenters. The van der Waals surface area contributed by atoms with E-state index in [-0.39, 0.29) is 0 Å². The molecule has 0 fully saturated rings. The van der Waals surface area contributed by atoms with E-state index in [2.05, 4.69) is 0 Å². The number of nitriles is 1. The summed E-state index contributed by atoms with van der Waals surface area (Å²) in [5.41, 5.74) is 0.607. The van der Waals surface area contributed by atoms with Gasteiger partial charge in [0.1, 0.15) is 6.54 Å². The summed E-state index contributed by atoms with van der Waals surface area (Å²) in [4.78, 5) is 10.1. The molecule has 0 N–H and O–H groups in total. The maximum absolute atomic E-state index is 10.1. The SMILES string of the molecule is N#CCn1ccc(C=O)c1. The Morgan fingerprint density at radius 2 is 2.60 bits per heavy atom. The first-order valence-corrected chi connectivity index (χ1v) is 2.84. The van der Waals surface area contributed by atoms with E-state index in [1.807, 2.05) is 6.07 Å². The molecular formula is C7H6N2O. The van der Waals surface area contributed by atoms with Crippen LogP contribution in [-0.2, 0) is 6.54 Å². The molecule has 0 amide bonds. The Morgan fingerprint density at radius 3 is 3.10 bits per heavy atom. The zero-order chi connectivity index (χ0) is 7.40. The van der Waals surface area contributed by atoms with Crippen molar-refractivity contribution in [3.63, 3.8) is 0 Å². The largest absolute Gasteiger partial charge is 0.340 e. The van der Waals surface area contributed by atoms with Crippen LogP contribution >= 0.6 is 0 Å². The van der Waals surface area contributed by atoms with Crippen LogP contribution in [0.2, 0.25) is 0 Å². The van der Waals surface area contributed by atoms with E-state index < -0.39 is 0 Å². The zero-order valence-corrected chi connectivity index (χ0v) is 5.32. The van der Waals surface area contributed by atoms with Crippen molar-refractivity contribution in [2.24, 2.45) is 0 Å². The molecule has 3 heteroatoms. The van der Waals surface area contributed by atoms with E-state index in [1.54, 1.807) is 23.0 Å². The van der Waals surface area contributed by atoms with Gasteiger partial charge in [0.25, 0.3) is 0 Å². The van der Waals surface area contributed by atoms with Crippen molar-refractivity contribution in [2.45, 2.75) is 6.54 Å². The summed E-state index contributed by atoms with van der Waals surface area (Å²) in [6, 6.07) is 3.64. The maximum atomic E-state index is 10.1. The molecule has 0 saturated heterocycles. The first kappa shape index (κ1) is 6.56. The van der Waals surface area contributed by atoms with Gasteiger partial charge in [-0.1, -0.05) is 0 Å². The molecule has 0 aliphatic carbocycles. The van der Waals surface area contributed by atoms with Gasteiger partial charge in [0.05, 0.1) is 6.07 Å². The minimum Gasteiger partial charge on any atom is -0.340 e. The van der Waals surface area contributed by atoms with Gasteiger partial charge in [0, 0.05) is 18.0 Å². The molecule has 0 aliphatic heterocycles. The Hall–Kier alpha value is -1.56. The second kappa shape index (κ2) is 2.83. The van der Waals surface area contributed by atoms with Crippen molar-refractivity contribution < 1.29 is 4.79 Å². The van der Waals surface area contributed by atoms with Gasteiger partial charge in [0.2, 0.25) is 0 Å².